The van der Waals surface area contributed by atoms with E-state index in [0.29, 0.717) is 11.8 Å². The molecule has 1 amide bonds. The van der Waals surface area contributed by atoms with Gasteiger partial charge in [0.1, 0.15) is 17.3 Å². The van der Waals surface area contributed by atoms with Crippen molar-refractivity contribution < 1.29 is 18.5 Å². The highest BCUT2D eigenvalue weighted by molar-refractivity contribution is 5.94. The monoisotopic (exact) mass is 321 g/mol. The van der Waals surface area contributed by atoms with Gasteiger partial charge in [0, 0.05) is 25.2 Å². The number of nitro groups is 1. The van der Waals surface area contributed by atoms with Gasteiger partial charge in [0.25, 0.3) is 11.6 Å². The number of benzene rings is 2. The lowest BCUT2D eigenvalue weighted by atomic mass is 10.2. The maximum absolute atomic E-state index is 13.4. The van der Waals surface area contributed by atoms with E-state index in [1.807, 2.05) is 0 Å². The van der Waals surface area contributed by atoms with Crippen molar-refractivity contribution in [1.29, 1.82) is 0 Å². The summed E-state index contributed by atoms with van der Waals surface area (Å²) in [6, 6.07) is 8.75. The summed E-state index contributed by atoms with van der Waals surface area (Å²) in [5.41, 5.74) is -0.0276. The third kappa shape index (κ3) is 4.22. The van der Waals surface area contributed by atoms with Crippen LogP contribution in [0.15, 0.2) is 42.5 Å². The van der Waals surface area contributed by atoms with E-state index in [2.05, 4.69) is 10.6 Å². The minimum Gasteiger partial charge on any atom is -0.378 e. The first kappa shape index (κ1) is 16.3. The first-order valence-corrected chi connectivity index (χ1v) is 6.69. The van der Waals surface area contributed by atoms with Crippen LogP contribution in [-0.2, 0) is 0 Å². The number of carbonyl (C=O) groups excluding carboxylic acids is 1. The van der Waals surface area contributed by atoms with Crippen molar-refractivity contribution in [3.05, 3.63) is 69.8 Å². The fourth-order valence-electron chi connectivity index (χ4n) is 1.92. The van der Waals surface area contributed by atoms with E-state index in [-0.39, 0.29) is 24.3 Å². The quantitative estimate of drug-likeness (QED) is 0.487. The molecule has 0 spiro atoms. The van der Waals surface area contributed by atoms with Crippen LogP contribution in [0.3, 0.4) is 0 Å². The number of amides is 1. The molecule has 2 N–H and O–H groups in total. The number of para-hydroxylation sites is 2. The standard InChI is InChI=1S/C15H13F2N3O3/c16-10-5-6-11(12(17)9-10)15(21)19-8-7-18-13-3-1-2-4-14(13)20(22)23/h1-6,9,18H,7-8H2,(H,19,21). The maximum Gasteiger partial charge on any atom is 0.292 e. The zero-order valence-electron chi connectivity index (χ0n) is 11.9. The number of hydrogen-bond donors (Lipinski definition) is 2. The average molecular weight is 321 g/mol. The van der Waals surface area contributed by atoms with E-state index in [1.165, 1.54) is 6.07 Å². The molecule has 0 aliphatic carbocycles. The van der Waals surface area contributed by atoms with Gasteiger partial charge in [-0.3, -0.25) is 14.9 Å². The van der Waals surface area contributed by atoms with Crippen molar-refractivity contribution in [3.63, 3.8) is 0 Å². The molecule has 120 valence electrons. The van der Waals surface area contributed by atoms with Crippen molar-refractivity contribution in [3.8, 4) is 0 Å². The topological polar surface area (TPSA) is 84.3 Å². The molecule has 2 aromatic carbocycles. The smallest absolute Gasteiger partial charge is 0.292 e. The Morgan fingerprint density at radius 2 is 1.87 bits per heavy atom. The number of nitro benzene ring substituents is 1. The molecule has 2 rings (SSSR count). The van der Waals surface area contributed by atoms with Gasteiger partial charge in [0.15, 0.2) is 0 Å². The van der Waals surface area contributed by atoms with Crippen LogP contribution in [0.5, 0.6) is 0 Å². The third-order valence-corrected chi connectivity index (χ3v) is 3.00. The Balaban J connectivity index is 1.88. The van der Waals surface area contributed by atoms with Crippen LogP contribution in [0.25, 0.3) is 0 Å². The van der Waals surface area contributed by atoms with Crippen LogP contribution >= 0.6 is 0 Å². The van der Waals surface area contributed by atoms with Gasteiger partial charge in [-0.15, -0.1) is 0 Å². The molecule has 0 aliphatic rings. The second-order valence-electron chi connectivity index (χ2n) is 4.58. The fraction of sp³-hybridized carbons (Fsp3) is 0.133. The Labute approximate surface area is 130 Å². The van der Waals surface area contributed by atoms with E-state index < -0.39 is 22.5 Å². The minimum atomic E-state index is -0.950. The van der Waals surface area contributed by atoms with Crippen LogP contribution in [0.1, 0.15) is 10.4 Å². The molecular weight excluding hydrogens is 308 g/mol. The SMILES string of the molecule is O=C(NCCNc1ccccc1[N+](=O)[O-])c1ccc(F)cc1F. The second-order valence-corrected chi connectivity index (χ2v) is 4.58. The Kier molecular flexibility index (Phi) is 5.19. The lowest BCUT2D eigenvalue weighted by molar-refractivity contribution is -0.384. The first-order chi connectivity index (χ1) is 11.0. The Morgan fingerprint density at radius 3 is 2.57 bits per heavy atom. The molecule has 0 unspecified atom stereocenters. The van der Waals surface area contributed by atoms with Crippen LogP contribution in [0.4, 0.5) is 20.2 Å². The van der Waals surface area contributed by atoms with Gasteiger partial charge in [-0.2, -0.15) is 0 Å². The molecule has 0 saturated carbocycles. The lowest BCUT2D eigenvalue weighted by Crippen LogP contribution is -2.29. The van der Waals surface area contributed by atoms with E-state index in [4.69, 9.17) is 0 Å². The molecule has 0 aliphatic heterocycles. The number of nitrogens with zero attached hydrogens (tertiary/aromatic N) is 1. The molecule has 8 heteroatoms. The molecule has 23 heavy (non-hydrogen) atoms. The zero-order valence-corrected chi connectivity index (χ0v) is 11.9. The van der Waals surface area contributed by atoms with Gasteiger partial charge >= 0.3 is 0 Å². The van der Waals surface area contributed by atoms with Crippen molar-refractivity contribution in [2.75, 3.05) is 18.4 Å². The molecule has 6 nitrogen and oxygen atoms in total. The molecular formula is C15H13F2N3O3. The number of carbonyl (C=O) groups is 1. The van der Waals surface area contributed by atoms with Gasteiger partial charge in [-0.25, -0.2) is 8.78 Å². The molecule has 0 bridgehead atoms. The number of hydrogen-bond acceptors (Lipinski definition) is 4. The predicted octanol–water partition coefficient (Wildman–Crippen LogP) is 2.71. The van der Waals surface area contributed by atoms with Crippen LogP contribution < -0.4 is 10.6 Å². The molecule has 0 fully saturated rings. The van der Waals surface area contributed by atoms with Gasteiger partial charge in [0.05, 0.1) is 10.5 Å². The summed E-state index contributed by atoms with van der Waals surface area (Å²) in [4.78, 5) is 22.1. The molecule has 0 atom stereocenters. The van der Waals surface area contributed by atoms with Gasteiger partial charge < -0.3 is 10.6 Å². The molecule has 0 saturated heterocycles. The second kappa shape index (κ2) is 7.30. The highest BCUT2D eigenvalue weighted by Gasteiger charge is 2.13. The lowest BCUT2D eigenvalue weighted by Gasteiger charge is -2.09. The van der Waals surface area contributed by atoms with Crippen molar-refractivity contribution >= 4 is 17.3 Å². The predicted molar refractivity (Wildman–Crippen MR) is 80.3 cm³/mol. The average Bonchev–Trinajstić information content (AvgIpc) is 2.51. The summed E-state index contributed by atoms with van der Waals surface area (Å²) in [5, 5.41) is 16.1. The Bertz CT molecular complexity index is 738. The summed E-state index contributed by atoms with van der Waals surface area (Å²) >= 11 is 0. The highest BCUT2D eigenvalue weighted by atomic mass is 19.1. The Morgan fingerprint density at radius 1 is 1.13 bits per heavy atom. The summed E-state index contributed by atoms with van der Waals surface area (Å²) < 4.78 is 26.2. The number of anilines is 1. The summed E-state index contributed by atoms with van der Waals surface area (Å²) in [6.45, 7) is 0.321. The zero-order chi connectivity index (χ0) is 16.8. The van der Waals surface area contributed by atoms with E-state index in [9.17, 15) is 23.7 Å². The van der Waals surface area contributed by atoms with E-state index in [1.54, 1.807) is 18.2 Å². The van der Waals surface area contributed by atoms with Crippen molar-refractivity contribution in [1.82, 2.24) is 5.32 Å². The summed E-state index contributed by atoms with van der Waals surface area (Å²) in [5.74, 6) is -2.40. The van der Waals surface area contributed by atoms with Crippen molar-refractivity contribution in [2.24, 2.45) is 0 Å². The first-order valence-electron chi connectivity index (χ1n) is 6.69. The van der Waals surface area contributed by atoms with Crippen molar-refractivity contribution in [2.45, 2.75) is 0 Å². The summed E-state index contributed by atoms with van der Waals surface area (Å²) in [6.07, 6.45) is 0. The minimum absolute atomic E-state index is 0.0802. The van der Waals surface area contributed by atoms with Crippen LogP contribution in [-0.4, -0.2) is 23.9 Å². The molecule has 0 heterocycles. The normalized spacial score (nSPS) is 10.2. The molecule has 2 aromatic rings. The highest BCUT2D eigenvalue weighted by Crippen LogP contribution is 2.22. The third-order valence-electron chi connectivity index (χ3n) is 3.00. The van der Waals surface area contributed by atoms with Gasteiger partial charge in [0.2, 0.25) is 0 Å². The largest absolute Gasteiger partial charge is 0.378 e. The van der Waals surface area contributed by atoms with E-state index >= 15 is 0 Å². The number of nitrogens with one attached hydrogen (secondary N) is 2. The summed E-state index contributed by atoms with van der Waals surface area (Å²) in [7, 11) is 0. The van der Waals surface area contributed by atoms with E-state index in [0.717, 1.165) is 12.1 Å². The molecule has 0 radical (unpaired) electrons. The van der Waals surface area contributed by atoms with Gasteiger partial charge in [-0.1, -0.05) is 12.1 Å². The maximum atomic E-state index is 13.4. The molecule has 0 aromatic heterocycles. The Hall–Kier alpha value is -3.03. The van der Waals surface area contributed by atoms with Gasteiger partial charge in [-0.05, 0) is 18.2 Å². The van der Waals surface area contributed by atoms with Crippen LogP contribution in [0.2, 0.25) is 0 Å². The number of rotatable bonds is 6. The fourth-order valence-corrected chi connectivity index (χ4v) is 1.92. The number of halogens is 2. The van der Waals surface area contributed by atoms with Crippen LogP contribution in [0, 0.1) is 21.7 Å².